The highest BCUT2D eigenvalue weighted by Crippen LogP contribution is 2.40. The summed E-state index contributed by atoms with van der Waals surface area (Å²) in [6.45, 7) is 0. The van der Waals surface area contributed by atoms with E-state index >= 15 is 0 Å². The normalized spacial score (nSPS) is 49.8. The average molecular weight is 296 g/mol. The van der Waals surface area contributed by atoms with Crippen molar-refractivity contribution < 1.29 is 20.2 Å². The van der Waals surface area contributed by atoms with Crippen molar-refractivity contribution in [2.24, 2.45) is 11.8 Å². The monoisotopic (exact) mass is 296 g/mol. The summed E-state index contributed by atoms with van der Waals surface area (Å²) in [4.78, 5) is 4.14. The lowest BCUT2D eigenvalue weighted by atomic mass is 9.73. The SMILES string of the molecule is [2H]C1([2H])C([2H])([2H])C([2H])([2H])C([2H])(C(=Cc2ccccn2)C2CCC(O)CC2)C([2H])([2H])C1([2H])[2H]. The van der Waals surface area contributed by atoms with Gasteiger partial charge >= 0.3 is 0 Å². The van der Waals surface area contributed by atoms with Crippen molar-refractivity contribution in [1.29, 1.82) is 0 Å². The van der Waals surface area contributed by atoms with E-state index in [0.717, 1.165) is 0 Å². The number of nitrogens with zero attached hydrogens (tertiary/aromatic N) is 1. The molecule has 21 heavy (non-hydrogen) atoms. The van der Waals surface area contributed by atoms with Crippen molar-refractivity contribution >= 4 is 6.08 Å². The summed E-state index contributed by atoms with van der Waals surface area (Å²) in [5.41, 5.74) is 0.0860. The Morgan fingerprint density at radius 1 is 1.19 bits per heavy atom. The zero-order valence-electron chi connectivity index (χ0n) is 22.8. The van der Waals surface area contributed by atoms with E-state index in [9.17, 15) is 5.11 Å². The van der Waals surface area contributed by atoms with Crippen LogP contribution in [0.2, 0.25) is 0 Å². The summed E-state index contributed by atoms with van der Waals surface area (Å²) in [6, 6.07) is 4.83. The van der Waals surface area contributed by atoms with E-state index in [1.807, 2.05) is 0 Å². The van der Waals surface area contributed by atoms with Crippen molar-refractivity contribution in [2.45, 2.75) is 63.7 Å². The molecule has 2 nitrogen and oxygen atoms in total. The Balaban J connectivity index is 2.33. The van der Waals surface area contributed by atoms with Crippen LogP contribution in [0, 0.1) is 11.8 Å². The lowest BCUT2D eigenvalue weighted by molar-refractivity contribution is 0.113. The van der Waals surface area contributed by atoms with Crippen molar-refractivity contribution in [2.75, 3.05) is 0 Å². The van der Waals surface area contributed by atoms with Crippen LogP contribution in [0.4, 0.5) is 0 Å². The predicted molar refractivity (Wildman–Crippen MR) is 86.8 cm³/mol. The Bertz CT molecular complexity index is 847. The van der Waals surface area contributed by atoms with E-state index in [4.69, 9.17) is 15.1 Å². The molecule has 2 aliphatic rings. The van der Waals surface area contributed by atoms with Gasteiger partial charge in [0.25, 0.3) is 0 Å². The lowest BCUT2D eigenvalue weighted by Crippen LogP contribution is -2.23. The van der Waals surface area contributed by atoms with Crippen LogP contribution < -0.4 is 0 Å². The van der Waals surface area contributed by atoms with Crippen LogP contribution in [-0.4, -0.2) is 16.2 Å². The quantitative estimate of drug-likeness (QED) is 0.884. The van der Waals surface area contributed by atoms with Crippen LogP contribution >= 0.6 is 0 Å². The first-order chi connectivity index (χ1) is 14.5. The number of rotatable bonds is 3. The van der Waals surface area contributed by atoms with Gasteiger partial charge in [-0.05, 0) is 68.4 Å². The minimum Gasteiger partial charge on any atom is -0.393 e. The molecule has 0 saturated heterocycles. The summed E-state index contributed by atoms with van der Waals surface area (Å²) in [6.07, 6.45) is -14.2. The zero-order chi connectivity index (χ0) is 24.4. The van der Waals surface area contributed by atoms with Crippen LogP contribution in [0.1, 0.15) is 78.3 Å². The van der Waals surface area contributed by atoms with Crippen LogP contribution in [0.3, 0.4) is 0 Å². The molecule has 1 N–H and O–H groups in total. The molecule has 2 fully saturated rings. The standard InChI is InChI=1S/C19H27NO/c21-18-11-9-16(10-12-18)19(15-6-2-1-3-7-15)14-17-8-4-5-13-20-17/h4-5,8,13-16,18,21H,1-3,6-7,9-12H2/i1D2,2D2,3D2,6D2,7D2,15D. The van der Waals surface area contributed by atoms with Gasteiger partial charge in [0.15, 0.2) is 0 Å². The highest BCUT2D eigenvalue weighted by atomic mass is 16.3. The number of aromatic nitrogens is 1. The third-order valence-corrected chi connectivity index (χ3v) is 3.92. The van der Waals surface area contributed by atoms with Gasteiger partial charge in [0.1, 0.15) is 0 Å². The number of hydrogen-bond donors (Lipinski definition) is 1. The highest BCUT2D eigenvalue weighted by molar-refractivity contribution is 5.50. The molecule has 114 valence electrons. The first-order valence-corrected chi connectivity index (χ1v) is 7.28. The van der Waals surface area contributed by atoms with E-state index in [0.29, 0.717) is 12.8 Å². The summed E-state index contributed by atoms with van der Waals surface area (Å²) in [5.74, 6) is -3.76. The van der Waals surface area contributed by atoms with Crippen molar-refractivity contribution in [3.8, 4) is 0 Å². The molecule has 1 aromatic rings. The van der Waals surface area contributed by atoms with Crippen molar-refractivity contribution in [1.82, 2.24) is 4.98 Å². The van der Waals surface area contributed by atoms with Gasteiger partial charge < -0.3 is 5.11 Å². The topological polar surface area (TPSA) is 33.1 Å². The largest absolute Gasteiger partial charge is 0.393 e. The fourth-order valence-electron chi connectivity index (χ4n) is 2.80. The molecule has 0 radical (unpaired) electrons. The Morgan fingerprint density at radius 2 is 1.95 bits per heavy atom. The second kappa shape index (κ2) is 7.22. The maximum absolute atomic E-state index is 9.92. The summed E-state index contributed by atoms with van der Waals surface area (Å²) >= 11 is 0. The van der Waals surface area contributed by atoms with Crippen LogP contribution in [0.25, 0.3) is 6.08 Å². The third-order valence-electron chi connectivity index (χ3n) is 3.92. The average Bonchev–Trinajstić information content (AvgIpc) is 2.71. The van der Waals surface area contributed by atoms with Gasteiger partial charge in [0.05, 0.1) is 11.8 Å². The number of allylic oxidation sites excluding steroid dienone is 1. The second-order valence-corrected chi connectivity index (χ2v) is 5.36. The maximum Gasteiger partial charge on any atom is 0.0629 e. The van der Waals surface area contributed by atoms with E-state index in [2.05, 4.69) is 4.98 Å². The molecular formula is C19H27NO. The van der Waals surface area contributed by atoms with E-state index in [-0.39, 0.29) is 24.1 Å². The lowest BCUT2D eigenvalue weighted by Gasteiger charge is -2.34. The van der Waals surface area contributed by atoms with Crippen molar-refractivity contribution in [3.05, 3.63) is 35.7 Å². The number of hydrogen-bond acceptors (Lipinski definition) is 2. The Kier molecular flexibility index (Phi) is 2.25. The first-order valence-electron chi connectivity index (χ1n) is 12.8. The third kappa shape index (κ3) is 3.94. The minimum absolute atomic E-state index is 0.179. The molecule has 1 aromatic heterocycles. The van der Waals surface area contributed by atoms with E-state index in [1.54, 1.807) is 18.2 Å². The molecule has 0 bridgehead atoms. The van der Waals surface area contributed by atoms with Crippen molar-refractivity contribution in [3.63, 3.8) is 0 Å². The van der Waals surface area contributed by atoms with Gasteiger partial charge in [-0.3, -0.25) is 4.98 Å². The molecule has 0 unspecified atom stereocenters. The molecule has 0 aliphatic heterocycles. The molecule has 0 spiro atoms. The molecule has 0 amide bonds. The number of aliphatic hydroxyl groups is 1. The summed E-state index contributed by atoms with van der Waals surface area (Å²) < 4.78 is 92.5. The van der Waals surface area contributed by atoms with E-state index in [1.165, 1.54) is 12.3 Å². The molecule has 0 aromatic carbocycles. The molecule has 2 heteroatoms. The molecule has 0 atom stereocenters. The van der Waals surface area contributed by atoms with Gasteiger partial charge in [-0.25, -0.2) is 0 Å². The molecular weight excluding hydrogens is 258 g/mol. The van der Waals surface area contributed by atoms with Crippen LogP contribution in [-0.2, 0) is 0 Å². The smallest absolute Gasteiger partial charge is 0.0629 e. The Hall–Kier alpha value is -1.15. The minimum atomic E-state index is -3.56. The van der Waals surface area contributed by atoms with Gasteiger partial charge in [0, 0.05) is 21.3 Å². The maximum atomic E-state index is 9.92. The second-order valence-electron chi connectivity index (χ2n) is 5.36. The van der Waals surface area contributed by atoms with Gasteiger partial charge in [-0.1, -0.05) is 30.8 Å². The fourth-order valence-corrected chi connectivity index (χ4v) is 2.80. The van der Waals surface area contributed by atoms with E-state index < -0.39 is 49.8 Å². The molecule has 2 saturated carbocycles. The molecule has 2 aliphatic carbocycles. The van der Waals surface area contributed by atoms with Gasteiger partial charge in [-0.2, -0.15) is 0 Å². The number of aliphatic hydroxyl groups excluding tert-OH is 1. The zero-order valence-corrected chi connectivity index (χ0v) is 11.8. The number of pyridine rings is 1. The predicted octanol–water partition coefficient (Wildman–Crippen LogP) is 4.60. The highest BCUT2D eigenvalue weighted by Gasteiger charge is 2.28. The molecule has 3 rings (SSSR count). The van der Waals surface area contributed by atoms with Gasteiger partial charge in [-0.15, -0.1) is 0 Å². The Labute approximate surface area is 143 Å². The van der Waals surface area contributed by atoms with Crippen LogP contribution in [0.15, 0.2) is 30.0 Å². The van der Waals surface area contributed by atoms with Gasteiger partial charge in [0.2, 0.25) is 0 Å². The Morgan fingerprint density at radius 3 is 2.62 bits per heavy atom. The first kappa shape index (κ1) is 6.54. The molecule has 1 heterocycles. The summed E-state index contributed by atoms with van der Waals surface area (Å²) in [7, 11) is 0. The fraction of sp³-hybridized carbons (Fsp3) is 0.632. The summed E-state index contributed by atoms with van der Waals surface area (Å²) in [5, 5.41) is 9.92. The van der Waals surface area contributed by atoms with Crippen LogP contribution in [0.5, 0.6) is 0 Å².